The second kappa shape index (κ2) is 8.58. The molecule has 0 bridgehead atoms. The van der Waals surface area contributed by atoms with Gasteiger partial charge in [0.05, 0.1) is 0 Å². The summed E-state index contributed by atoms with van der Waals surface area (Å²) in [5.41, 5.74) is 2.14. The van der Waals surface area contributed by atoms with Gasteiger partial charge in [-0.2, -0.15) is 0 Å². The Balaban J connectivity index is 2.09. The zero-order valence-corrected chi connectivity index (χ0v) is 15.3. The van der Waals surface area contributed by atoms with E-state index in [0.29, 0.717) is 18.1 Å². The minimum atomic E-state index is -0.251. The van der Waals surface area contributed by atoms with Gasteiger partial charge >= 0.3 is 0 Å². The SMILES string of the molecule is COCCCNc1cc(C(=O)Nc2ccccc2C(C)(C)C)ncn1. The van der Waals surface area contributed by atoms with Crippen molar-refractivity contribution in [1.29, 1.82) is 0 Å². The Morgan fingerprint density at radius 3 is 2.68 bits per heavy atom. The summed E-state index contributed by atoms with van der Waals surface area (Å²) in [6.45, 7) is 7.74. The van der Waals surface area contributed by atoms with Crippen LogP contribution in [0.3, 0.4) is 0 Å². The van der Waals surface area contributed by atoms with Crippen molar-refractivity contribution in [3.63, 3.8) is 0 Å². The van der Waals surface area contributed by atoms with Crippen LogP contribution in [0.2, 0.25) is 0 Å². The van der Waals surface area contributed by atoms with Crippen molar-refractivity contribution >= 4 is 17.4 Å². The Labute approximate surface area is 149 Å². The third-order valence-electron chi connectivity index (χ3n) is 3.71. The molecule has 1 aromatic heterocycles. The molecule has 6 heteroatoms. The molecule has 1 amide bonds. The fraction of sp³-hybridized carbons (Fsp3) is 0.421. The lowest BCUT2D eigenvalue weighted by Crippen LogP contribution is -2.19. The number of ether oxygens (including phenoxy) is 1. The van der Waals surface area contributed by atoms with Gasteiger partial charge in [-0.05, 0) is 23.5 Å². The summed E-state index contributed by atoms with van der Waals surface area (Å²) in [6.07, 6.45) is 2.25. The van der Waals surface area contributed by atoms with Crippen LogP contribution in [-0.2, 0) is 10.2 Å². The summed E-state index contributed by atoms with van der Waals surface area (Å²) < 4.78 is 5.01. The molecule has 0 aliphatic rings. The molecule has 0 saturated heterocycles. The number of nitrogens with zero attached hydrogens (tertiary/aromatic N) is 2. The van der Waals surface area contributed by atoms with Crippen LogP contribution in [0.15, 0.2) is 36.7 Å². The molecule has 6 nitrogen and oxygen atoms in total. The summed E-state index contributed by atoms with van der Waals surface area (Å²) in [5.74, 6) is 0.374. The average Bonchev–Trinajstić information content (AvgIpc) is 2.58. The topological polar surface area (TPSA) is 76.1 Å². The number of carbonyl (C=O) groups excluding carboxylic acids is 1. The van der Waals surface area contributed by atoms with Crippen molar-refractivity contribution in [2.45, 2.75) is 32.6 Å². The van der Waals surface area contributed by atoms with Crippen LogP contribution in [-0.4, -0.2) is 36.1 Å². The van der Waals surface area contributed by atoms with Gasteiger partial charge in [0, 0.05) is 32.0 Å². The fourth-order valence-corrected chi connectivity index (χ4v) is 2.44. The summed E-state index contributed by atoms with van der Waals surface area (Å²) in [7, 11) is 1.67. The van der Waals surface area contributed by atoms with E-state index in [1.165, 1.54) is 6.33 Å². The van der Waals surface area contributed by atoms with Crippen molar-refractivity contribution in [1.82, 2.24) is 9.97 Å². The molecule has 2 N–H and O–H groups in total. The van der Waals surface area contributed by atoms with E-state index in [2.05, 4.69) is 41.4 Å². The number of anilines is 2. The second-order valence-corrected chi connectivity index (χ2v) is 6.81. The summed E-state index contributed by atoms with van der Waals surface area (Å²) in [5, 5.41) is 6.12. The molecule has 0 spiro atoms. The van der Waals surface area contributed by atoms with Crippen molar-refractivity contribution < 1.29 is 9.53 Å². The van der Waals surface area contributed by atoms with Crippen LogP contribution < -0.4 is 10.6 Å². The molecule has 25 heavy (non-hydrogen) atoms. The highest BCUT2D eigenvalue weighted by Crippen LogP contribution is 2.29. The van der Waals surface area contributed by atoms with Gasteiger partial charge in [0.25, 0.3) is 5.91 Å². The normalized spacial score (nSPS) is 11.2. The highest BCUT2D eigenvalue weighted by Gasteiger charge is 2.19. The third-order valence-corrected chi connectivity index (χ3v) is 3.71. The molecule has 2 rings (SSSR count). The minimum absolute atomic E-state index is 0.0659. The van der Waals surface area contributed by atoms with Gasteiger partial charge in [-0.15, -0.1) is 0 Å². The molecule has 0 unspecified atom stereocenters. The molecular weight excluding hydrogens is 316 g/mol. The van der Waals surface area contributed by atoms with Gasteiger partial charge in [0.1, 0.15) is 17.8 Å². The number of methoxy groups -OCH3 is 1. The van der Waals surface area contributed by atoms with Crippen molar-refractivity contribution in [3.05, 3.63) is 47.9 Å². The number of rotatable bonds is 7. The molecule has 1 heterocycles. The van der Waals surface area contributed by atoms with Gasteiger partial charge in [0.15, 0.2) is 0 Å². The van der Waals surface area contributed by atoms with Gasteiger partial charge in [-0.3, -0.25) is 4.79 Å². The summed E-state index contributed by atoms with van der Waals surface area (Å²) in [6, 6.07) is 9.47. The monoisotopic (exact) mass is 342 g/mol. The number of aromatic nitrogens is 2. The minimum Gasteiger partial charge on any atom is -0.385 e. The maximum atomic E-state index is 12.6. The molecule has 1 aromatic carbocycles. The van der Waals surface area contributed by atoms with Crippen LogP contribution in [0.5, 0.6) is 0 Å². The Bertz CT molecular complexity index is 711. The van der Waals surface area contributed by atoms with Crippen molar-refractivity contribution in [3.8, 4) is 0 Å². The first kappa shape index (κ1) is 18.9. The largest absolute Gasteiger partial charge is 0.385 e. The zero-order valence-electron chi connectivity index (χ0n) is 15.3. The van der Waals surface area contributed by atoms with Crippen LogP contribution in [0, 0.1) is 0 Å². The molecule has 2 aromatic rings. The number of nitrogens with one attached hydrogen (secondary N) is 2. The maximum absolute atomic E-state index is 12.6. The number of carbonyl (C=O) groups is 1. The predicted octanol–water partition coefficient (Wildman–Crippen LogP) is 3.47. The standard InChI is InChI=1S/C19H26N4O2/c1-19(2,3)14-8-5-6-9-15(14)23-18(24)16-12-17(22-13-21-16)20-10-7-11-25-4/h5-6,8-9,12-13H,7,10-11H2,1-4H3,(H,23,24)(H,20,21,22). The lowest BCUT2D eigenvalue weighted by atomic mass is 9.86. The first-order valence-electron chi connectivity index (χ1n) is 8.37. The fourth-order valence-electron chi connectivity index (χ4n) is 2.44. The Hall–Kier alpha value is -2.47. The van der Waals surface area contributed by atoms with Crippen LogP contribution >= 0.6 is 0 Å². The van der Waals surface area contributed by atoms with E-state index in [1.54, 1.807) is 13.2 Å². The highest BCUT2D eigenvalue weighted by molar-refractivity contribution is 6.03. The molecule has 0 fully saturated rings. The molecule has 0 atom stereocenters. The second-order valence-electron chi connectivity index (χ2n) is 6.81. The van der Waals surface area contributed by atoms with Crippen LogP contribution in [0.25, 0.3) is 0 Å². The Morgan fingerprint density at radius 2 is 1.96 bits per heavy atom. The summed E-state index contributed by atoms with van der Waals surface area (Å²) in [4.78, 5) is 20.8. The van der Waals surface area contributed by atoms with E-state index >= 15 is 0 Å². The number of hydrogen-bond acceptors (Lipinski definition) is 5. The molecule has 0 aliphatic heterocycles. The molecule has 0 aliphatic carbocycles. The van der Waals surface area contributed by atoms with Gasteiger partial charge in [-0.25, -0.2) is 9.97 Å². The predicted molar refractivity (Wildman–Crippen MR) is 100 cm³/mol. The van der Waals surface area contributed by atoms with Crippen LogP contribution in [0.4, 0.5) is 11.5 Å². The molecule has 0 radical (unpaired) electrons. The first-order chi connectivity index (χ1) is 11.9. The van der Waals surface area contributed by atoms with Gasteiger partial charge in [0.2, 0.25) is 0 Å². The lowest BCUT2D eigenvalue weighted by molar-refractivity contribution is 0.102. The summed E-state index contributed by atoms with van der Waals surface area (Å²) >= 11 is 0. The Morgan fingerprint density at radius 1 is 1.20 bits per heavy atom. The molecule has 0 saturated carbocycles. The lowest BCUT2D eigenvalue weighted by Gasteiger charge is -2.22. The Kier molecular flexibility index (Phi) is 6.47. The van der Waals surface area contributed by atoms with E-state index in [9.17, 15) is 4.79 Å². The van der Waals surface area contributed by atoms with E-state index in [0.717, 1.165) is 24.2 Å². The quantitative estimate of drug-likeness (QED) is 0.754. The van der Waals surface area contributed by atoms with Crippen molar-refractivity contribution in [2.24, 2.45) is 0 Å². The number of para-hydroxylation sites is 1. The van der Waals surface area contributed by atoms with E-state index in [4.69, 9.17) is 4.74 Å². The average molecular weight is 342 g/mol. The van der Waals surface area contributed by atoms with E-state index in [-0.39, 0.29) is 11.3 Å². The smallest absolute Gasteiger partial charge is 0.274 e. The van der Waals surface area contributed by atoms with Crippen LogP contribution in [0.1, 0.15) is 43.2 Å². The van der Waals surface area contributed by atoms with Gasteiger partial charge < -0.3 is 15.4 Å². The van der Waals surface area contributed by atoms with Gasteiger partial charge in [-0.1, -0.05) is 39.0 Å². The number of amides is 1. The molecule has 134 valence electrons. The third kappa shape index (κ3) is 5.53. The number of benzene rings is 1. The molecular formula is C19H26N4O2. The first-order valence-corrected chi connectivity index (χ1v) is 8.37. The zero-order chi connectivity index (χ0) is 18.3. The maximum Gasteiger partial charge on any atom is 0.274 e. The highest BCUT2D eigenvalue weighted by atomic mass is 16.5. The van der Waals surface area contributed by atoms with E-state index in [1.807, 2.05) is 24.3 Å². The number of hydrogen-bond donors (Lipinski definition) is 2. The van der Waals surface area contributed by atoms with Crippen molar-refractivity contribution in [2.75, 3.05) is 30.9 Å². The van der Waals surface area contributed by atoms with E-state index < -0.39 is 0 Å².